The van der Waals surface area contributed by atoms with Crippen LogP contribution in [0.4, 0.5) is 0 Å². The number of thiophene rings is 1. The molecule has 1 aliphatic rings. The van der Waals surface area contributed by atoms with Gasteiger partial charge in [0, 0.05) is 37.1 Å². The Morgan fingerprint density at radius 3 is 2.50 bits per heavy atom. The predicted molar refractivity (Wildman–Crippen MR) is 145 cm³/mol. The number of nitrogens with one attached hydrogen (secondary N) is 3. The van der Waals surface area contributed by atoms with Crippen molar-refractivity contribution in [3.05, 3.63) is 57.8 Å². The highest BCUT2D eigenvalue weighted by Gasteiger charge is 2.24. The second kappa shape index (κ2) is 14.5. The number of amides is 1. The summed E-state index contributed by atoms with van der Waals surface area (Å²) >= 11 is 1.82. The number of aliphatic imine (C=N–C) groups is 1. The molecule has 1 amide bonds. The largest absolute Gasteiger partial charge is 0.354 e. The van der Waals surface area contributed by atoms with Crippen LogP contribution in [-0.4, -0.2) is 50.0 Å². The molecule has 0 aliphatic carbocycles. The lowest BCUT2D eigenvalue weighted by molar-refractivity contribution is 0.0953. The number of guanidine groups is 1. The van der Waals surface area contributed by atoms with E-state index in [-0.39, 0.29) is 29.9 Å². The first-order chi connectivity index (χ1) is 15.2. The van der Waals surface area contributed by atoms with E-state index >= 15 is 0 Å². The van der Waals surface area contributed by atoms with E-state index < -0.39 is 0 Å². The van der Waals surface area contributed by atoms with E-state index in [1.807, 2.05) is 35.6 Å². The van der Waals surface area contributed by atoms with Crippen molar-refractivity contribution >= 4 is 47.2 Å². The third-order valence-corrected chi connectivity index (χ3v) is 6.61. The zero-order valence-electron chi connectivity index (χ0n) is 19.1. The lowest BCUT2D eigenvalue weighted by Gasteiger charge is -2.27. The van der Waals surface area contributed by atoms with E-state index in [1.165, 1.54) is 17.7 Å². The molecule has 1 aromatic carbocycles. The number of benzene rings is 1. The van der Waals surface area contributed by atoms with Crippen LogP contribution in [0.25, 0.3) is 0 Å². The van der Waals surface area contributed by atoms with Gasteiger partial charge in [-0.1, -0.05) is 31.5 Å². The third kappa shape index (κ3) is 8.04. The second-order valence-electron chi connectivity index (χ2n) is 7.89. The van der Waals surface area contributed by atoms with Crippen molar-refractivity contribution in [2.45, 2.75) is 45.2 Å². The average Bonchev–Trinajstić information content (AvgIpc) is 3.51. The van der Waals surface area contributed by atoms with Gasteiger partial charge in [-0.15, -0.1) is 35.3 Å². The summed E-state index contributed by atoms with van der Waals surface area (Å²) in [4.78, 5) is 20.5. The Hall–Kier alpha value is -1.65. The highest BCUT2D eigenvalue weighted by molar-refractivity contribution is 14.0. The van der Waals surface area contributed by atoms with Crippen molar-refractivity contribution in [1.29, 1.82) is 0 Å². The summed E-state index contributed by atoms with van der Waals surface area (Å²) in [5.41, 5.74) is 1.81. The molecule has 1 saturated heterocycles. The lowest BCUT2D eigenvalue weighted by atomic mass is 10.1. The Morgan fingerprint density at radius 2 is 1.88 bits per heavy atom. The molecule has 0 spiro atoms. The van der Waals surface area contributed by atoms with Gasteiger partial charge in [0.15, 0.2) is 5.96 Å². The van der Waals surface area contributed by atoms with Crippen LogP contribution >= 0.6 is 35.3 Å². The third-order valence-electron chi connectivity index (χ3n) is 5.63. The van der Waals surface area contributed by atoms with Crippen molar-refractivity contribution in [2.75, 3.05) is 33.2 Å². The van der Waals surface area contributed by atoms with Crippen LogP contribution < -0.4 is 16.0 Å². The Balaban J connectivity index is 0.00000363. The standard InChI is InChI=1S/C24H35N5OS.HI/c1-3-4-13-26-23(30)20-11-9-19(10-12-20)17-27-24(25-2)28-18-21(22-8-7-16-31-22)29-14-5-6-15-29;/h7-12,16,21H,3-6,13-15,17-18H2,1-2H3,(H,26,30)(H2,25,27,28);1H. The quantitative estimate of drug-likeness (QED) is 0.172. The van der Waals surface area contributed by atoms with Gasteiger partial charge in [0.2, 0.25) is 0 Å². The van der Waals surface area contributed by atoms with Crippen LogP contribution in [-0.2, 0) is 6.54 Å². The molecule has 1 aliphatic heterocycles. The van der Waals surface area contributed by atoms with E-state index in [1.54, 1.807) is 7.05 Å². The first kappa shape index (κ1) is 26.6. The molecular weight excluding hydrogens is 533 g/mol. The zero-order chi connectivity index (χ0) is 21.9. The maximum atomic E-state index is 12.1. The van der Waals surface area contributed by atoms with Gasteiger partial charge < -0.3 is 16.0 Å². The summed E-state index contributed by atoms with van der Waals surface area (Å²) in [7, 11) is 1.80. The van der Waals surface area contributed by atoms with Gasteiger partial charge in [-0.05, 0) is 61.5 Å². The van der Waals surface area contributed by atoms with Gasteiger partial charge >= 0.3 is 0 Å². The van der Waals surface area contributed by atoms with E-state index in [0.717, 1.165) is 50.5 Å². The van der Waals surface area contributed by atoms with Gasteiger partial charge in [-0.3, -0.25) is 14.7 Å². The molecule has 3 rings (SSSR count). The Kier molecular flexibility index (Phi) is 12.0. The lowest BCUT2D eigenvalue weighted by Crippen LogP contribution is -2.42. The predicted octanol–water partition coefficient (Wildman–Crippen LogP) is 4.40. The molecule has 176 valence electrons. The number of carbonyl (C=O) groups is 1. The fourth-order valence-electron chi connectivity index (χ4n) is 3.80. The van der Waals surface area contributed by atoms with Crippen LogP contribution in [0.3, 0.4) is 0 Å². The minimum atomic E-state index is -0.00744. The number of carbonyl (C=O) groups excluding carboxylic acids is 1. The van der Waals surface area contributed by atoms with Crippen LogP contribution in [0, 0.1) is 0 Å². The summed E-state index contributed by atoms with van der Waals surface area (Å²) in [5.74, 6) is 0.786. The van der Waals surface area contributed by atoms with E-state index in [4.69, 9.17) is 0 Å². The van der Waals surface area contributed by atoms with Crippen LogP contribution in [0.15, 0.2) is 46.8 Å². The van der Waals surface area contributed by atoms with Gasteiger partial charge in [0.05, 0.1) is 6.04 Å². The Morgan fingerprint density at radius 1 is 1.12 bits per heavy atom. The number of hydrogen-bond acceptors (Lipinski definition) is 4. The van der Waals surface area contributed by atoms with Gasteiger partial charge in [0.25, 0.3) is 5.91 Å². The van der Waals surface area contributed by atoms with Gasteiger partial charge in [-0.25, -0.2) is 0 Å². The van der Waals surface area contributed by atoms with E-state index in [9.17, 15) is 4.79 Å². The van der Waals surface area contributed by atoms with Crippen LogP contribution in [0.2, 0.25) is 0 Å². The summed E-state index contributed by atoms with van der Waals surface area (Å²) in [6, 6.07) is 12.5. The van der Waals surface area contributed by atoms with Crippen molar-refractivity contribution in [3.63, 3.8) is 0 Å². The molecule has 6 nitrogen and oxygen atoms in total. The molecule has 1 fully saturated rings. The van der Waals surface area contributed by atoms with Gasteiger partial charge in [0.1, 0.15) is 0 Å². The molecule has 32 heavy (non-hydrogen) atoms. The molecule has 2 aromatic rings. The highest BCUT2D eigenvalue weighted by atomic mass is 127. The van der Waals surface area contributed by atoms with Crippen LogP contribution in [0.5, 0.6) is 0 Å². The first-order valence-corrected chi connectivity index (χ1v) is 12.2. The minimum absolute atomic E-state index is 0. The maximum absolute atomic E-state index is 12.1. The van der Waals surface area contributed by atoms with Crippen molar-refractivity contribution < 1.29 is 4.79 Å². The van der Waals surface area contributed by atoms with E-state index in [0.29, 0.717) is 18.2 Å². The fourth-order valence-corrected chi connectivity index (χ4v) is 4.66. The smallest absolute Gasteiger partial charge is 0.251 e. The summed E-state index contributed by atoms with van der Waals surface area (Å²) in [6.45, 7) is 6.65. The van der Waals surface area contributed by atoms with E-state index in [2.05, 4.69) is 50.3 Å². The molecule has 8 heteroatoms. The van der Waals surface area contributed by atoms with Crippen molar-refractivity contribution in [1.82, 2.24) is 20.9 Å². The molecule has 2 heterocycles. The number of halogens is 1. The molecule has 0 bridgehead atoms. The topological polar surface area (TPSA) is 68.8 Å². The first-order valence-electron chi connectivity index (χ1n) is 11.3. The number of unbranched alkanes of at least 4 members (excludes halogenated alkanes) is 1. The molecule has 1 atom stereocenters. The zero-order valence-corrected chi connectivity index (χ0v) is 22.2. The Labute approximate surface area is 213 Å². The summed E-state index contributed by atoms with van der Waals surface area (Å²) in [5, 5.41) is 12.0. The monoisotopic (exact) mass is 569 g/mol. The molecular formula is C24H36IN5OS. The van der Waals surface area contributed by atoms with Gasteiger partial charge in [-0.2, -0.15) is 0 Å². The summed E-state index contributed by atoms with van der Waals surface area (Å²) < 4.78 is 0. The average molecular weight is 570 g/mol. The van der Waals surface area contributed by atoms with Crippen molar-refractivity contribution in [2.24, 2.45) is 4.99 Å². The molecule has 3 N–H and O–H groups in total. The molecule has 1 aromatic heterocycles. The molecule has 0 radical (unpaired) electrons. The normalized spacial score (nSPS) is 15.1. The maximum Gasteiger partial charge on any atom is 0.251 e. The molecule has 0 saturated carbocycles. The van der Waals surface area contributed by atoms with Crippen LogP contribution in [0.1, 0.15) is 59.4 Å². The Bertz CT molecular complexity index is 819. The molecule has 1 unspecified atom stereocenters. The number of nitrogens with zero attached hydrogens (tertiary/aromatic N) is 2. The SMILES string of the molecule is CCCCNC(=O)c1ccc(CNC(=NC)NCC(c2cccs2)N2CCCC2)cc1.I. The second-order valence-corrected chi connectivity index (χ2v) is 8.87. The minimum Gasteiger partial charge on any atom is -0.354 e. The number of likely N-dealkylation sites (tertiary alicyclic amines) is 1. The fraction of sp³-hybridized carbons (Fsp3) is 0.500. The summed E-state index contributed by atoms with van der Waals surface area (Å²) in [6.07, 6.45) is 4.64. The van der Waals surface area contributed by atoms with Crippen molar-refractivity contribution in [3.8, 4) is 0 Å². The number of rotatable bonds is 10. The highest BCUT2D eigenvalue weighted by Crippen LogP contribution is 2.27. The number of hydrogen-bond donors (Lipinski definition) is 3.